The molecule has 0 heterocycles. The summed E-state index contributed by atoms with van der Waals surface area (Å²) in [5.74, 6) is 0. The topological polar surface area (TPSA) is 0 Å². The van der Waals surface area contributed by atoms with Crippen LogP contribution in [0.4, 0.5) is 0 Å². The number of hydrogen-bond acceptors (Lipinski definition) is 0. The third kappa shape index (κ3) is 19.7. The molecule has 0 aliphatic rings. The number of benzene rings is 1. The molecule has 1 aromatic carbocycles. The van der Waals surface area contributed by atoms with E-state index in [0.29, 0.717) is 0 Å². The van der Waals surface area contributed by atoms with Crippen molar-refractivity contribution in [2.45, 2.75) is 143 Å². The summed E-state index contributed by atoms with van der Waals surface area (Å²) in [6, 6.07) is 11.6. The van der Waals surface area contributed by atoms with Gasteiger partial charge in [-0.25, -0.2) is 0 Å². The fourth-order valence-electron chi connectivity index (χ4n) is 5.51. The molecule has 1 rings (SSSR count). The van der Waals surface area contributed by atoms with Crippen molar-refractivity contribution in [1.29, 1.82) is 0 Å². The van der Waals surface area contributed by atoms with Gasteiger partial charge >= 0.3 is 204 Å². The first-order chi connectivity index (χ1) is 16.8. The van der Waals surface area contributed by atoms with Gasteiger partial charge in [0.25, 0.3) is 0 Å². The summed E-state index contributed by atoms with van der Waals surface area (Å²) >= 11 is 2.85. The Morgan fingerprint density at radius 3 is 1.18 bits per heavy atom. The van der Waals surface area contributed by atoms with Gasteiger partial charge < -0.3 is 0 Å². The van der Waals surface area contributed by atoms with Gasteiger partial charge in [-0.2, -0.15) is 0 Å². The predicted octanol–water partition coefficient (Wildman–Crippen LogP) is 12.2. The van der Waals surface area contributed by atoms with Crippen LogP contribution in [0.3, 0.4) is 0 Å². The van der Waals surface area contributed by atoms with Crippen LogP contribution in [0.5, 0.6) is 0 Å². The van der Waals surface area contributed by atoms with Crippen LogP contribution in [-0.4, -0.2) is 18.5 Å². The normalized spacial score (nSPS) is 11.8. The Bertz CT molecular complexity index is 465. The van der Waals surface area contributed by atoms with Gasteiger partial charge in [0, 0.05) is 0 Å². The van der Waals surface area contributed by atoms with Crippen LogP contribution in [0.1, 0.15) is 142 Å². The van der Waals surface area contributed by atoms with Crippen molar-refractivity contribution in [3.8, 4) is 0 Å². The summed E-state index contributed by atoms with van der Waals surface area (Å²) in [5, 5.41) is 0. The maximum absolute atomic E-state index is 2.85. The molecule has 0 fully saturated rings. The van der Waals surface area contributed by atoms with Gasteiger partial charge in [0.05, 0.1) is 0 Å². The second-order valence-electron chi connectivity index (χ2n) is 10.7. The Kier molecular flexibility index (Phi) is 27.1. The summed E-state index contributed by atoms with van der Waals surface area (Å²) in [4.78, 5) is 0. The first-order valence-electron chi connectivity index (χ1n) is 15.0. The first kappa shape index (κ1) is 34.6. The molecule has 202 valence electrons. The molecule has 0 aliphatic carbocycles. The van der Waals surface area contributed by atoms with E-state index in [4.69, 9.17) is 0 Å². The average Bonchev–Trinajstić information content (AvgIpc) is 2.87. The Balaban J connectivity index is 0.00000529. The number of halogens is 1. The Morgan fingerprint density at radius 2 is 0.824 bits per heavy atom. The molecule has 34 heavy (non-hydrogen) atoms. The minimum absolute atomic E-state index is 1.24. The van der Waals surface area contributed by atoms with E-state index in [9.17, 15) is 0 Å². The summed E-state index contributed by atoms with van der Waals surface area (Å²) in [5.41, 5.74) is 1.64. The smallest absolute Gasteiger partial charge is 0.0652 e. The number of hydrogen-bond donors (Lipinski definition) is 0. The van der Waals surface area contributed by atoms with Crippen LogP contribution < -0.4 is 0 Å². The maximum Gasteiger partial charge on any atom is -0.0652 e. The zero-order valence-electron chi connectivity index (χ0n) is 23.4. The fraction of sp³-hybridized carbons (Fsp3) is 0.806. The largest absolute Gasteiger partial charge is 0.0679 e. The summed E-state index contributed by atoms with van der Waals surface area (Å²) in [7, 11) is 0.987. The third-order valence-electron chi connectivity index (χ3n) is 7.60. The van der Waals surface area contributed by atoms with Crippen molar-refractivity contribution in [2.24, 2.45) is 0 Å². The molecule has 0 amide bonds. The molecule has 0 saturated carbocycles. The monoisotopic (exact) mass is 574 g/mol. The zero-order chi connectivity index (χ0) is 25.2. The van der Waals surface area contributed by atoms with Crippen LogP contribution >= 0.6 is 30.7 Å². The van der Waals surface area contributed by atoms with Gasteiger partial charge in [0.2, 0.25) is 0 Å². The van der Waals surface area contributed by atoms with E-state index in [-0.39, 0.29) is 0 Å². The van der Waals surface area contributed by atoms with Crippen LogP contribution in [0.15, 0.2) is 30.3 Å². The van der Waals surface area contributed by atoms with E-state index in [1.165, 1.54) is 122 Å². The van der Waals surface area contributed by atoms with Crippen LogP contribution in [0.25, 0.3) is 0 Å². The fourth-order valence-corrected chi connectivity index (χ4v) is 10.9. The van der Waals surface area contributed by atoms with Gasteiger partial charge in [-0.3, -0.25) is 0 Å². The van der Waals surface area contributed by atoms with Crippen molar-refractivity contribution in [2.75, 3.05) is 18.5 Å². The molecule has 0 bridgehead atoms. The van der Waals surface area contributed by atoms with Gasteiger partial charge in [-0.1, -0.05) is 23.4 Å². The van der Waals surface area contributed by atoms with Gasteiger partial charge in [0.1, 0.15) is 0 Å². The molecule has 3 heteroatoms. The Morgan fingerprint density at radius 1 is 0.500 bits per heavy atom. The van der Waals surface area contributed by atoms with E-state index < -0.39 is 7.26 Å². The molecule has 1 aromatic rings. The van der Waals surface area contributed by atoms with Gasteiger partial charge in [-0.05, 0) is 0 Å². The standard InChI is InChI=1S/C31H59P.BrH2P/c1-4-7-10-13-16-22-27-32(28-23-17-14-11-8-5-2,29-24-18-15-12-9-6-3)30-31-25-20-19-21-26-31;1-2/h19-21,25-26,32H,4-18,22-24,27-30H2,1-3H3;2H2. The van der Waals surface area contributed by atoms with Crippen molar-refractivity contribution >= 4 is 30.7 Å². The Labute approximate surface area is 226 Å². The van der Waals surface area contributed by atoms with Crippen LogP contribution in [-0.2, 0) is 6.16 Å². The molecule has 0 spiro atoms. The summed E-state index contributed by atoms with van der Waals surface area (Å²) in [6.45, 7) is 7.00. The number of rotatable bonds is 23. The Hall–Kier alpha value is 0.560. The zero-order valence-corrected chi connectivity index (χ0v) is 27.1. The average molecular weight is 576 g/mol. The van der Waals surface area contributed by atoms with Gasteiger partial charge in [-0.15, -0.1) is 0 Å². The van der Waals surface area contributed by atoms with Gasteiger partial charge in [0.15, 0.2) is 0 Å². The molecule has 1 atom stereocenters. The van der Waals surface area contributed by atoms with E-state index in [1.807, 2.05) is 0 Å². The molecule has 0 radical (unpaired) electrons. The third-order valence-corrected chi connectivity index (χ3v) is 13.0. The molecule has 0 N–H and O–H groups in total. The first-order valence-corrected chi connectivity index (χ1v) is 21.0. The van der Waals surface area contributed by atoms with Crippen molar-refractivity contribution in [1.82, 2.24) is 0 Å². The molecular formula is C31H61BrP2. The molecular weight excluding hydrogens is 514 g/mol. The molecule has 0 aliphatic heterocycles. The predicted molar refractivity (Wildman–Crippen MR) is 172 cm³/mol. The number of unbranched alkanes of at least 4 members (excludes halogenated alkanes) is 15. The minimum atomic E-state index is -1.24. The SMILES string of the molecule is CCCCCCCC[PH](CCCCCCCC)(CCCCCCCC)Cc1ccccc1.PBr. The molecule has 0 nitrogen and oxygen atoms in total. The van der Waals surface area contributed by atoms with Crippen LogP contribution in [0, 0.1) is 0 Å². The molecule has 0 aromatic heterocycles. The van der Waals surface area contributed by atoms with E-state index >= 15 is 0 Å². The minimum Gasteiger partial charge on any atom is -0.0679 e. The van der Waals surface area contributed by atoms with Crippen LogP contribution in [0.2, 0.25) is 0 Å². The van der Waals surface area contributed by atoms with Crippen molar-refractivity contribution in [3.63, 3.8) is 0 Å². The second-order valence-corrected chi connectivity index (χ2v) is 15.6. The van der Waals surface area contributed by atoms with E-state index in [0.717, 1.165) is 0 Å². The quantitative estimate of drug-likeness (QED) is 0.0899. The van der Waals surface area contributed by atoms with E-state index in [1.54, 1.807) is 24.0 Å². The van der Waals surface area contributed by atoms with Crippen molar-refractivity contribution in [3.05, 3.63) is 35.9 Å². The van der Waals surface area contributed by atoms with Crippen molar-refractivity contribution < 1.29 is 0 Å². The maximum atomic E-state index is 2.85. The summed E-state index contributed by atoms with van der Waals surface area (Å²) in [6.07, 6.45) is 32.4. The summed E-state index contributed by atoms with van der Waals surface area (Å²) < 4.78 is 0. The molecule has 1 unspecified atom stereocenters. The molecule has 0 saturated heterocycles. The second kappa shape index (κ2) is 26.6. The van der Waals surface area contributed by atoms with E-state index in [2.05, 4.69) is 74.5 Å².